The summed E-state index contributed by atoms with van der Waals surface area (Å²) in [6, 6.07) is 6.81. The number of nitrogens with zero attached hydrogens (tertiary/aromatic N) is 1. The Hall–Kier alpha value is -2.43. The molecule has 0 aliphatic heterocycles. The van der Waals surface area contributed by atoms with Crippen molar-refractivity contribution in [3.05, 3.63) is 52.5 Å². The minimum atomic E-state index is -4.25. The van der Waals surface area contributed by atoms with E-state index in [1.807, 2.05) is 0 Å². The molecule has 0 fully saturated rings. The standard InChI is InChI=1S/C12H13N3O6S/c13-22(19,20)11-5-1-3-8(12(11)15(17)18)14-7-9(16)10-4-2-6-21-10/h1-6,9,14,16H,7H2,(H2,13,19,20). The lowest BCUT2D eigenvalue weighted by Gasteiger charge is -2.12. The van der Waals surface area contributed by atoms with Crippen molar-refractivity contribution in [2.45, 2.75) is 11.0 Å². The predicted molar refractivity (Wildman–Crippen MR) is 76.6 cm³/mol. The topological polar surface area (TPSA) is 149 Å². The summed E-state index contributed by atoms with van der Waals surface area (Å²) >= 11 is 0. The number of anilines is 1. The fourth-order valence-electron chi connectivity index (χ4n) is 1.87. The Bertz CT molecular complexity index is 772. The largest absolute Gasteiger partial charge is 0.467 e. The van der Waals surface area contributed by atoms with Crippen LogP contribution in [0.3, 0.4) is 0 Å². The fourth-order valence-corrected chi connectivity index (χ4v) is 2.59. The lowest BCUT2D eigenvalue weighted by atomic mass is 10.2. The molecule has 1 atom stereocenters. The number of sulfonamides is 1. The predicted octanol–water partition coefficient (Wildman–Crippen LogP) is 0.981. The van der Waals surface area contributed by atoms with Crippen LogP contribution in [0.25, 0.3) is 0 Å². The van der Waals surface area contributed by atoms with Gasteiger partial charge in [-0.2, -0.15) is 0 Å². The molecular weight excluding hydrogens is 314 g/mol. The number of nitrogens with two attached hydrogens (primary N) is 1. The van der Waals surface area contributed by atoms with E-state index in [9.17, 15) is 23.6 Å². The van der Waals surface area contributed by atoms with Crippen LogP contribution in [-0.2, 0) is 10.0 Å². The zero-order valence-corrected chi connectivity index (χ0v) is 12.0. The Morgan fingerprint density at radius 3 is 2.64 bits per heavy atom. The van der Waals surface area contributed by atoms with Crippen LogP contribution in [-0.4, -0.2) is 25.0 Å². The highest BCUT2D eigenvalue weighted by atomic mass is 32.2. The average molecular weight is 327 g/mol. The summed E-state index contributed by atoms with van der Waals surface area (Å²) in [5, 5.41) is 28.6. The summed E-state index contributed by atoms with van der Waals surface area (Å²) in [4.78, 5) is 9.68. The summed E-state index contributed by atoms with van der Waals surface area (Å²) < 4.78 is 27.8. The summed E-state index contributed by atoms with van der Waals surface area (Å²) in [5.74, 6) is 0.276. The first-order valence-electron chi connectivity index (χ1n) is 6.06. The molecule has 2 rings (SSSR count). The molecule has 1 aromatic carbocycles. The third-order valence-corrected chi connectivity index (χ3v) is 3.79. The lowest BCUT2D eigenvalue weighted by molar-refractivity contribution is -0.386. The summed E-state index contributed by atoms with van der Waals surface area (Å²) in [7, 11) is -4.25. The van der Waals surface area contributed by atoms with Gasteiger partial charge in [0.25, 0.3) is 0 Å². The second-order valence-electron chi connectivity index (χ2n) is 4.37. The van der Waals surface area contributed by atoms with E-state index in [-0.39, 0.29) is 18.0 Å². The van der Waals surface area contributed by atoms with E-state index in [2.05, 4.69) is 5.32 Å². The van der Waals surface area contributed by atoms with E-state index in [0.717, 1.165) is 6.07 Å². The zero-order valence-electron chi connectivity index (χ0n) is 11.2. The molecule has 0 spiro atoms. The van der Waals surface area contributed by atoms with E-state index in [4.69, 9.17) is 9.56 Å². The number of benzene rings is 1. The maximum absolute atomic E-state index is 11.4. The van der Waals surface area contributed by atoms with E-state index in [1.54, 1.807) is 12.1 Å². The van der Waals surface area contributed by atoms with Crippen LogP contribution in [0, 0.1) is 10.1 Å². The second-order valence-corrected chi connectivity index (χ2v) is 5.90. The van der Waals surface area contributed by atoms with Gasteiger partial charge in [-0.3, -0.25) is 10.1 Å². The molecule has 1 aromatic heterocycles. The van der Waals surface area contributed by atoms with E-state index < -0.39 is 31.6 Å². The Labute approximate surface area is 125 Å². The van der Waals surface area contributed by atoms with Crippen LogP contribution in [0.15, 0.2) is 45.9 Å². The number of rotatable bonds is 6. The van der Waals surface area contributed by atoms with Gasteiger partial charge in [0.2, 0.25) is 10.0 Å². The van der Waals surface area contributed by atoms with Crippen molar-refractivity contribution in [3.8, 4) is 0 Å². The van der Waals surface area contributed by atoms with Crippen molar-refractivity contribution >= 4 is 21.4 Å². The first kappa shape index (κ1) is 15.9. The molecule has 2 aromatic rings. The summed E-state index contributed by atoms with van der Waals surface area (Å²) in [5.41, 5.74) is -0.737. The normalized spacial score (nSPS) is 12.8. The molecule has 0 aliphatic rings. The van der Waals surface area contributed by atoms with Gasteiger partial charge < -0.3 is 14.8 Å². The summed E-state index contributed by atoms with van der Waals surface area (Å²) in [6.45, 7) is -0.109. The zero-order chi connectivity index (χ0) is 16.3. The highest BCUT2D eigenvalue weighted by molar-refractivity contribution is 7.89. The van der Waals surface area contributed by atoms with Crippen LogP contribution in [0.5, 0.6) is 0 Å². The van der Waals surface area contributed by atoms with E-state index in [1.165, 1.54) is 18.4 Å². The molecule has 0 amide bonds. The van der Waals surface area contributed by atoms with Crippen LogP contribution in [0.1, 0.15) is 11.9 Å². The Balaban J connectivity index is 2.30. The monoisotopic (exact) mass is 327 g/mol. The number of primary sulfonamides is 1. The molecule has 0 saturated carbocycles. The lowest BCUT2D eigenvalue weighted by Crippen LogP contribution is -2.17. The summed E-state index contributed by atoms with van der Waals surface area (Å²) in [6.07, 6.45) is 0.329. The van der Waals surface area contributed by atoms with E-state index in [0.29, 0.717) is 0 Å². The first-order valence-corrected chi connectivity index (χ1v) is 7.61. The van der Waals surface area contributed by atoms with Gasteiger partial charge in [-0.1, -0.05) is 6.07 Å². The van der Waals surface area contributed by atoms with Gasteiger partial charge in [0, 0.05) is 6.54 Å². The van der Waals surface area contributed by atoms with Gasteiger partial charge in [0.05, 0.1) is 11.2 Å². The SMILES string of the molecule is NS(=O)(=O)c1cccc(NCC(O)c2ccco2)c1[N+](=O)[O-]. The average Bonchev–Trinajstić information content (AvgIpc) is 2.97. The maximum atomic E-state index is 11.4. The first-order chi connectivity index (χ1) is 10.3. The highest BCUT2D eigenvalue weighted by Gasteiger charge is 2.27. The van der Waals surface area contributed by atoms with Crippen LogP contribution in [0.2, 0.25) is 0 Å². The highest BCUT2D eigenvalue weighted by Crippen LogP contribution is 2.31. The van der Waals surface area contributed by atoms with Crippen molar-refractivity contribution in [2.24, 2.45) is 5.14 Å². The van der Waals surface area contributed by atoms with Crippen molar-refractivity contribution in [1.29, 1.82) is 0 Å². The van der Waals surface area contributed by atoms with Gasteiger partial charge in [0.15, 0.2) is 4.90 Å². The molecule has 0 saturated heterocycles. The van der Waals surface area contributed by atoms with Gasteiger partial charge in [-0.15, -0.1) is 0 Å². The van der Waals surface area contributed by atoms with Crippen LogP contribution < -0.4 is 10.5 Å². The van der Waals surface area contributed by atoms with Crippen molar-refractivity contribution < 1.29 is 22.9 Å². The number of hydrogen-bond donors (Lipinski definition) is 3. The van der Waals surface area contributed by atoms with Gasteiger partial charge >= 0.3 is 5.69 Å². The smallest absolute Gasteiger partial charge is 0.312 e. The van der Waals surface area contributed by atoms with Gasteiger partial charge in [-0.25, -0.2) is 13.6 Å². The molecule has 0 radical (unpaired) electrons. The fraction of sp³-hybridized carbons (Fsp3) is 0.167. The quantitative estimate of drug-likeness (QED) is 0.529. The minimum Gasteiger partial charge on any atom is -0.467 e. The van der Waals surface area contributed by atoms with Crippen LogP contribution in [0.4, 0.5) is 11.4 Å². The maximum Gasteiger partial charge on any atom is 0.312 e. The number of nitrogens with one attached hydrogen (secondary N) is 1. The molecule has 9 nitrogen and oxygen atoms in total. The van der Waals surface area contributed by atoms with Crippen molar-refractivity contribution in [3.63, 3.8) is 0 Å². The molecular formula is C12H13N3O6S. The number of furan rings is 1. The van der Waals surface area contributed by atoms with E-state index >= 15 is 0 Å². The third kappa shape index (κ3) is 3.42. The molecule has 1 heterocycles. The van der Waals surface area contributed by atoms with Gasteiger partial charge in [0.1, 0.15) is 17.6 Å². The number of hydrogen-bond acceptors (Lipinski definition) is 7. The molecule has 0 bridgehead atoms. The van der Waals surface area contributed by atoms with Crippen molar-refractivity contribution in [1.82, 2.24) is 0 Å². The number of nitro groups is 1. The Morgan fingerprint density at radius 1 is 1.36 bits per heavy atom. The molecule has 1 unspecified atom stereocenters. The molecule has 118 valence electrons. The molecule has 0 aliphatic carbocycles. The van der Waals surface area contributed by atoms with Crippen LogP contribution >= 0.6 is 0 Å². The number of para-hydroxylation sites is 1. The van der Waals surface area contributed by atoms with Crippen molar-refractivity contribution in [2.75, 3.05) is 11.9 Å². The molecule has 10 heteroatoms. The number of aliphatic hydroxyl groups is 1. The number of aliphatic hydroxyl groups excluding tert-OH is 1. The second kappa shape index (κ2) is 6.13. The third-order valence-electron chi connectivity index (χ3n) is 2.85. The molecule has 22 heavy (non-hydrogen) atoms. The van der Waals surface area contributed by atoms with Gasteiger partial charge in [-0.05, 0) is 24.3 Å². The Morgan fingerprint density at radius 2 is 2.09 bits per heavy atom. The minimum absolute atomic E-state index is 0.0675. The number of nitro benzene ring substituents is 1. The molecule has 4 N–H and O–H groups in total. The Kier molecular flexibility index (Phi) is 4.45.